The highest BCUT2D eigenvalue weighted by atomic mass is 35.5. The van der Waals surface area contributed by atoms with E-state index in [1.807, 2.05) is 0 Å². The third kappa shape index (κ3) is 3.79. The van der Waals surface area contributed by atoms with Crippen molar-refractivity contribution < 1.29 is 13.9 Å². The van der Waals surface area contributed by atoms with E-state index in [0.29, 0.717) is 28.1 Å². The highest BCUT2D eigenvalue weighted by Gasteiger charge is 2.36. The number of rotatable bonds is 7. The minimum absolute atomic E-state index is 0.0597. The number of ketones is 1. The molecule has 160 valence electrons. The molecule has 4 aromatic heterocycles. The van der Waals surface area contributed by atoms with E-state index in [9.17, 15) is 9.18 Å². The van der Waals surface area contributed by atoms with Crippen molar-refractivity contribution in [2.45, 2.75) is 38.7 Å². The molecule has 0 N–H and O–H groups in total. The number of aryl methyl sites for hydroxylation is 1. The fourth-order valence-electron chi connectivity index (χ4n) is 4.03. The van der Waals surface area contributed by atoms with Crippen LogP contribution in [0.5, 0.6) is 0 Å². The van der Waals surface area contributed by atoms with Crippen LogP contribution in [0.1, 0.15) is 41.6 Å². The summed E-state index contributed by atoms with van der Waals surface area (Å²) >= 11 is 6.10. The Morgan fingerprint density at radius 2 is 2.13 bits per heavy atom. The van der Waals surface area contributed by atoms with Gasteiger partial charge in [-0.3, -0.25) is 4.79 Å². The van der Waals surface area contributed by atoms with E-state index in [0.717, 1.165) is 24.1 Å². The topological polar surface area (TPSA) is 86.7 Å². The second-order valence-electron chi connectivity index (χ2n) is 7.92. The number of carbonyl (C=O) groups is 1. The first kappa shape index (κ1) is 20.0. The number of hydrogen-bond acceptors (Lipinski definition) is 6. The molecule has 0 amide bonds. The predicted octanol–water partition coefficient (Wildman–Crippen LogP) is 3.32. The Morgan fingerprint density at radius 1 is 1.32 bits per heavy atom. The Balaban J connectivity index is 1.46. The van der Waals surface area contributed by atoms with Gasteiger partial charge in [0.25, 0.3) is 0 Å². The van der Waals surface area contributed by atoms with Crippen molar-refractivity contribution >= 4 is 28.7 Å². The number of halogens is 2. The first-order chi connectivity index (χ1) is 14.9. The third-order valence-corrected chi connectivity index (χ3v) is 5.67. The minimum atomic E-state index is -0.506. The van der Waals surface area contributed by atoms with Crippen LogP contribution in [0.3, 0.4) is 0 Å². The summed E-state index contributed by atoms with van der Waals surface area (Å²) in [5.74, 6) is 0.255. The number of ether oxygens (including phenoxy) is 1. The van der Waals surface area contributed by atoms with E-state index < -0.39 is 5.82 Å². The van der Waals surface area contributed by atoms with E-state index in [-0.39, 0.29) is 30.4 Å². The second kappa shape index (κ2) is 7.65. The van der Waals surface area contributed by atoms with Crippen LogP contribution in [0.2, 0.25) is 5.15 Å². The third-order valence-electron chi connectivity index (χ3n) is 5.48. The Labute approximate surface area is 182 Å². The molecule has 1 saturated carbocycles. The maximum atomic E-state index is 14.3. The van der Waals surface area contributed by atoms with Gasteiger partial charge in [0.2, 0.25) is 0 Å². The molecule has 8 nitrogen and oxygen atoms in total. The highest BCUT2D eigenvalue weighted by molar-refractivity contribution is 6.29. The molecule has 1 aliphatic carbocycles. The van der Waals surface area contributed by atoms with Crippen LogP contribution in [0.25, 0.3) is 11.3 Å². The molecule has 4 heterocycles. The molecule has 0 radical (unpaired) electrons. The van der Waals surface area contributed by atoms with Gasteiger partial charge in [0.15, 0.2) is 22.3 Å². The summed E-state index contributed by atoms with van der Waals surface area (Å²) in [5.41, 5.74) is 2.81. The lowest BCUT2D eigenvalue weighted by Crippen LogP contribution is -2.17. The van der Waals surface area contributed by atoms with E-state index in [1.165, 1.54) is 10.6 Å². The van der Waals surface area contributed by atoms with Crippen LogP contribution in [-0.2, 0) is 22.4 Å². The maximum Gasteiger partial charge on any atom is 0.191 e. The standard InChI is InChI=1S/C21H20ClFN6O2/c1-11-25-21-16(23)6-12(10-28(21)26-11)5-15(30)7-14-9-24-18-8-17(22)27-29(18)19(14)20(31-2)13-3-4-13/h6,8-10,13,20H,3-5,7H2,1-2H3/t20-/m1/s1. The Hall–Kier alpha value is -2.91. The van der Waals surface area contributed by atoms with Gasteiger partial charge < -0.3 is 4.74 Å². The van der Waals surface area contributed by atoms with Crippen molar-refractivity contribution in [3.8, 4) is 0 Å². The molecular weight excluding hydrogens is 423 g/mol. The van der Waals surface area contributed by atoms with Gasteiger partial charge in [0, 0.05) is 44.0 Å². The summed E-state index contributed by atoms with van der Waals surface area (Å²) in [6.45, 7) is 1.69. The zero-order chi connectivity index (χ0) is 21.7. The fourth-order valence-corrected chi connectivity index (χ4v) is 4.20. The molecule has 1 fully saturated rings. The number of carbonyl (C=O) groups excluding carboxylic acids is 1. The summed E-state index contributed by atoms with van der Waals surface area (Å²) in [6, 6.07) is 3.01. The fraction of sp³-hybridized carbons (Fsp3) is 0.381. The minimum Gasteiger partial charge on any atom is -0.375 e. The second-order valence-corrected chi connectivity index (χ2v) is 8.30. The van der Waals surface area contributed by atoms with Crippen LogP contribution >= 0.6 is 11.6 Å². The maximum absolute atomic E-state index is 14.3. The molecule has 5 rings (SSSR count). The summed E-state index contributed by atoms with van der Waals surface area (Å²) in [6.07, 6.45) is 5.41. The number of Topliss-reactive ketones (excluding diaryl/α,β-unsaturated/α-hetero) is 1. The van der Waals surface area contributed by atoms with Crippen LogP contribution < -0.4 is 0 Å². The molecule has 0 saturated heterocycles. The van der Waals surface area contributed by atoms with Gasteiger partial charge in [0.05, 0.1) is 5.69 Å². The lowest BCUT2D eigenvalue weighted by Gasteiger charge is -2.19. The normalized spacial score (nSPS) is 15.1. The Morgan fingerprint density at radius 3 is 2.87 bits per heavy atom. The first-order valence-corrected chi connectivity index (χ1v) is 10.4. The van der Waals surface area contributed by atoms with Crippen molar-refractivity contribution in [1.82, 2.24) is 29.2 Å². The average Bonchev–Trinajstić information content (AvgIpc) is 3.36. The molecule has 0 aromatic carbocycles. The van der Waals surface area contributed by atoms with Crippen LogP contribution in [-0.4, -0.2) is 42.1 Å². The van der Waals surface area contributed by atoms with Gasteiger partial charge in [-0.05, 0) is 37.3 Å². The van der Waals surface area contributed by atoms with Crippen molar-refractivity contribution in [3.63, 3.8) is 0 Å². The molecule has 10 heteroatoms. The number of methoxy groups -OCH3 is 1. The average molecular weight is 443 g/mol. The van der Waals surface area contributed by atoms with E-state index in [1.54, 1.807) is 37.0 Å². The van der Waals surface area contributed by atoms with Gasteiger partial charge in [-0.2, -0.15) is 10.2 Å². The molecule has 31 heavy (non-hydrogen) atoms. The van der Waals surface area contributed by atoms with Crippen molar-refractivity contribution in [3.05, 3.63) is 58.1 Å². The van der Waals surface area contributed by atoms with E-state index >= 15 is 0 Å². The van der Waals surface area contributed by atoms with Gasteiger partial charge >= 0.3 is 0 Å². The Bertz CT molecular complexity index is 1310. The number of hydrogen-bond donors (Lipinski definition) is 0. The first-order valence-electron chi connectivity index (χ1n) is 10.0. The molecule has 0 spiro atoms. The summed E-state index contributed by atoms with van der Waals surface area (Å²) < 4.78 is 23.1. The van der Waals surface area contributed by atoms with Gasteiger partial charge in [-0.1, -0.05) is 11.6 Å². The molecule has 1 aliphatic rings. The SMILES string of the molecule is CO[C@@H](c1c(CC(=O)Cc2cc(F)c3nc(C)nn3c2)cnc2cc(Cl)nn12)C1CC1. The zero-order valence-corrected chi connectivity index (χ0v) is 17.8. The van der Waals surface area contributed by atoms with Crippen LogP contribution in [0.15, 0.2) is 24.5 Å². The van der Waals surface area contributed by atoms with E-state index in [2.05, 4.69) is 20.2 Å². The number of pyridine rings is 1. The monoisotopic (exact) mass is 442 g/mol. The summed E-state index contributed by atoms with van der Waals surface area (Å²) in [7, 11) is 1.66. The zero-order valence-electron chi connectivity index (χ0n) is 17.0. The highest BCUT2D eigenvalue weighted by Crippen LogP contribution is 2.44. The molecule has 1 atom stereocenters. The van der Waals surface area contributed by atoms with Crippen LogP contribution in [0.4, 0.5) is 4.39 Å². The van der Waals surface area contributed by atoms with Gasteiger partial charge in [-0.25, -0.2) is 23.4 Å². The van der Waals surface area contributed by atoms with E-state index in [4.69, 9.17) is 16.3 Å². The quantitative estimate of drug-likeness (QED) is 0.436. The number of aromatic nitrogens is 6. The van der Waals surface area contributed by atoms with Crippen molar-refractivity contribution in [2.24, 2.45) is 5.92 Å². The molecule has 0 aliphatic heterocycles. The van der Waals surface area contributed by atoms with Crippen molar-refractivity contribution in [1.29, 1.82) is 0 Å². The molecule has 0 bridgehead atoms. The molecule has 4 aromatic rings. The lowest BCUT2D eigenvalue weighted by molar-refractivity contribution is -0.117. The lowest BCUT2D eigenvalue weighted by atomic mass is 9.99. The van der Waals surface area contributed by atoms with Crippen molar-refractivity contribution in [2.75, 3.05) is 7.11 Å². The summed E-state index contributed by atoms with van der Waals surface area (Å²) in [5, 5.41) is 8.82. The predicted molar refractivity (Wildman–Crippen MR) is 111 cm³/mol. The number of fused-ring (bicyclic) bond motifs is 2. The summed E-state index contributed by atoms with van der Waals surface area (Å²) in [4.78, 5) is 21.4. The number of nitrogens with zero attached hydrogens (tertiary/aromatic N) is 6. The Kier molecular flexibility index (Phi) is 4.94. The molecular formula is C21H20ClFN6O2. The van der Waals surface area contributed by atoms with Crippen LogP contribution in [0, 0.1) is 18.7 Å². The molecule has 0 unspecified atom stereocenters. The van der Waals surface area contributed by atoms with Gasteiger partial charge in [-0.15, -0.1) is 0 Å². The smallest absolute Gasteiger partial charge is 0.191 e. The largest absolute Gasteiger partial charge is 0.375 e. The van der Waals surface area contributed by atoms with Gasteiger partial charge in [0.1, 0.15) is 17.7 Å².